The van der Waals surface area contributed by atoms with Gasteiger partial charge in [-0.15, -0.1) is 0 Å². The van der Waals surface area contributed by atoms with Crippen molar-refractivity contribution in [2.24, 2.45) is 0 Å². The molecule has 7 heteroatoms. The molecule has 86 valence electrons. The molecule has 0 spiro atoms. The molecule has 0 bridgehead atoms. The van der Waals surface area contributed by atoms with Gasteiger partial charge in [-0.2, -0.15) is 4.39 Å². The number of aliphatic hydroxyl groups is 1. The number of aliphatic carboxylic acids is 1. The first-order chi connectivity index (χ1) is 7.41. The molecule has 1 rings (SSSR count). The number of nitro benzene ring substituents is 1. The maximum atomic E-state index is 13.1. The smallest absolute Gasteiger partial charge is 0.332 e. The Labute approximate surface area is 89.1 Å². The van der Waals surface area contributed by atoms with E-state index in [9.17, 15) is 19.3 Å². The van der Waals surface area contributed by atoms with Crippen molar-refractivity contribution in [2.45, 2.75) is 12.5 Å². The van der Waals surface area contributed by atoms with Crippen LogP contribution in [0.5, 0.6) is 0 Å². The zero-order valence-electron chi connectivity index (χ0n) is 7.96. The van der Waals surface area contributed by atoms with Crippen LogP contribution >= 0.6 is 0 Å². The van der Waals surface area contributed by atoms with Gasteiger partial charge in [0.1, 0.15) is 0 Å². The van der Waals surface area contributed by atoms with Gasteiger partial charge in [-0.1, -0.05) is 6.07 Å². The molecular weight excluding hydrogens is 221 g/mol. The highest BCUT2D eigenvalue weighted by Crippen LogP contribution is 2.18. The minimum Gasteiger partial charge on any atom is -0.479 e. The van der Waals surface area contributed by atoms with E-state index in [0.717, 1.165) is 12.1 Å². The van der Waals surface area contributed by atoms with E-state index in [0.29, 0.717) is 0 Å². The van der Waals surface area contributed by atoms with Crippen LogP contribution in [0.1, 0.15) is 5.56 Å². The van der Waals surface area contributed by atoms with Crippen molar-refractivity contribution >= 4 is 11.7 Å². The molecule has 0 aliphatic rings. The third-order valence-electron chi connectivity index (χ3n) is 1.92. The first kappa shape index (κ1) is 12.1. The molecular formula is C9H8FNO5. The van der Waals surface area contributed by atoms with Crippen LogP contribution in [-0.2, 0) is 11.2 Å². The van der Waals surface area contributed by atoms with Crippen LogP contribution in [0.2, 0.25) is 0 Å². The predicted molar refractivity (Wildman–Crippen MR) is 50.4 cm³/mol. The second-order valence-electron chi connectivity index (χ2n) is 3.10. The van der Waals surface area contributed by atoms with E-state index >= 15 is 0 Å². The number of hydrogen-bond donors (Lipinski definition) is 2. The summed E-state index contributed by atoms with van der Waals surface area (Å²) in [5.41, 5.74) is -0.508. The number of carboxylic acid groups (broad SMARTS) is 1. The normalized spacial score (nSPS) is 12.1. The molecule has 6 nitrogen and oxygen atoms in total. The highest BCUT2D eigenvalue weighted by molar-refractivity contribution is 5.72. The predicted octanol–water partition coefficient (Wildman–Crippen LogP) is 0.722. The van der Waals surface area contributed by atoms with Crippen molar-refractivity contribution < 1.29 is 24.3 Å². The van der Waals surface area contributed by atoms with Gasteiger partial charge in [0.15, 0.2) is 6.10 Å². The van der Waals surface area contributed by atoms with Gasteiger partial charge in [-0.05, 0) is 11.6 Å². The topological polar surface area (TPSA) is 101 Å². The number of halogens is 1. The van der Waals surface area contributed by atoms with Crippen molar-refractivity contribution in [3.8, 4) is 0 Å². The summed E-state index contributed by atoms with van der Waals surface area (Å²) in [5, 5.41) is 27.7. The summed E-state index contributed by atoms with van der Waals surface area (Å²) in [5.74, 6) is -2.49. The molecule has 0 fully saturated rings. The van der Waals surface area contributed by atoms with Crippen molar-refractivity contribution in [3.63, 3.8) is 0 Å². The van der Waals surface area contributed by atoms with Crippen molar-refractivity contribution in [3.05, 3.63) is 39.7 Å². The second kappa shape index (κ2) is 4.67. The van der Waals surface area contributed by atoms with Crippen LogP contribution in [-0.4, -0.2) is 27.2 Å². The average Bonchev–Trinajstić information content (AvgIpc) is 2.16. The molecule has 0 aliphatic carbocycles. The van der Waals surface area contributed by atoms with E-state index in [1.807, 2.05) is 0 Å². The summed E-state index contributed by atoms with van der Waals surface area (Å²) in [6, 6.07) is 2.97. The van der Waals surface area contributed by atoms with Gasteiger partial charge < -0.3 is 10.2 Å². The molecule has 1 aromatic carbocycles. The molecule has 0 aromatic heterocycles. The van der Waals surface area contributed by atoms with Crippen molar-refractivity contribution in [1.29, 1.82) is 0 Å². The number of nitrogens with zero attached hydrogens (tertiary/aromatic N) is 1. The molecule has 0 heterocycles. The van der Waals surface area contributed by atoms with E-state index in [-0.39, 0.29) is 12.0 Å². The fourth-order valence-electron chi connectivity index (χ4n) is 1.14. The zero-order chi connectivity index (χ0) is 12.3. The molecule has 1 aromatic rings. The van der Waals surface area contributed by atoms with E-state index in [1.165, 1.54) is 6.07 Å². The van der Waals surface area contributed by atoms with Gasteiger partial charge >= 0.3 is 11.7 Å². The molecule has 16 heavy (non-hydrogen) atoms. The summed E-state index contributed by atoms with van der Waals surface area (Å²) < 4.78 is 13.1. The van der Waals surface area contributed by atoms with Gasteiger partial charge in [-0.25, -0.2) is 4.79 Å². The van der Waals surface area contributed by atoms with Gasteiger partial charge in [0.05, 0.1) is 4.92 Å². The lowest BCUT2D eigenvalue weighted by atomic mass is 10.1. The van der Waals surface area contributed by atoms with E-state index in [1.54, 1.807) is 0 Å². The number of nitro groups is 1. The monoisotopic (exact) mass is 229 g/mol. The Bertz CT molecular complexity index is 434. The van der Waals surface area contributed by atoms with Crippen LogP contribution in [0.25, 0.3) is 0 Å². The molecule has 0 radical (unpaired) electrons. The Morgan fingerprint density at radius 2 is 2.19 bits per heavy atom. The number of hydrogen-bond acceptors (Lipinski definition) is 4. The van der Waals surface area contributed by atoms with Crippen LogP contribution in [0, 0.1) is 15.9 Å². The lowest BCUT2D eigenvalue weighted by Gasteiger charge is -2.05. The minimum absolute atomic E-state index is 0.179. The number of aliphatic hydroxyl groups excluding tert-OH is 1. The van der Waals surface area contributed by atoms with Gasteiger partial charge in [0.2, 0.25) is 5.82 Å². The summed E-state index contributed by atoms with van der Waals surface area (Å²) in [4.78, 5) is 19.7. The number of benzene rings is 1. The Kier molecular flexibility index (Phi) is 3.51. The fourth-order valence-corrected chi connectivity index (χ4v) is 1.14. The van der Waals surface area contributed by atoms with E-state index in [2.05, 4.69) is 0 Å². The first-order valence-electron chi connectivity index (χ1n) is 4.25. The van der Waals surface area contributed by atoms with Crippen molar-refractivity contribution in [1.82, 2.24) is 0 Å². The average molecular weight is 229 g/mol. The Morgan fingerprint density at radius 1 is 1.56 bits per heavy atom. The highest BCUT2D eigenvalue weighted by atomic mass is 19.1. The highest BCUT2D eigenvalue weighted by Gasteiger charge is 2.17. The standard InChI is InChI=1S/C9H8FNO5/c10-6-3-5(4-8(12)9(13)14)1-2-7(6)11(15)16/h1-3,8,12H,4H2,(H,13,14). The van der Waals surface area contributed by atoms with Gasteiger partial charge in [-0.3, -0.25) is 10.1 Å². The van der Waals surface area contributed by atoms with Crippen LogP contribution in [0.3, 0.4) is 0 Å². The minimum atomic E-state index is -1.65. The second-order valence-corrected chi connectivity index (χ2v) is 3.10. The van der Waals surface area contributed by atoms with Gasteiger partial charge in [0, 0.05) is 12.5 Å². The third kappa shape index (κ3) is 2.74. The lowest BCUT2D eigenvalue weighted by Crippen LogP contribution is -2.22. The fraction of sp³-hybridized carbons (Fsp3) is 0.222. The number of carboxylic acids is 1. The molecule has 0 aliphatic heterocycles. The SMILES string of the molecule is O=C(O)C(O)Cc1ccc([N+](=O)[O-])c(F)c1. The van der Waals surface area contributed by atoms with Crippen LogP contribution < -0.4 is 0 Å². The number of carbonyl (C=O) groups is 1. The molecule has 2 N–H and O–H groups in total. The van der Waals surface area contributed by atoms with Crippen LogP contribution in [0.4, 0.5) is 10.1 Å². The number of rotatable bonds is 4. The molecule has 1 atom stereocenters. The summed E-state index contributed by atoms with van der Waals surface area (Å²) >= 11 is 0. The molecule has 0 saturated carbocycles. The first-order valence-corrected chi connectivity index (χ1v) is 4.25. The summed E-state index contributed by atoms with van der Waals surface area (Å²) in [6.07, 6.45) is -1.95. The zero-order valence-corrected chi connectivity index (χ0v) is 7.96. The Balaban J connectivity index is 2.89. The largest absolute Gasteiger partial charge is 0.479 e. The molecule has 1 unspecified atom stereocenters. The summed E-state index contributed by atoms with van der Waals surface area (Å²) in [7, 11) is 0. The Morgan fingerprint density at radius 3 is 2.62 bits per heavy atom. The molecule has 0 saturated heterocycles. The molecule has 0 amide bonds. The van der Waals surface area contributed by atoms with E-state index in [4.69, 9.17) is 10.2 Å². The van der Waals surface area contributed by atoms with Crippen LogP contribution in [0.15, 0.2) is 18.2 Å². The maximum Gasteiger partial charge on any atom is 0.332 e. The maximum absolute atomic E-state index is 13.1. The Hall–Kier alpha value is -2.02. The third-order valence-corrected chi connectivity index (χ3v) is 1.92. The lowest BCUT2D eigenvalue weighted by molar-refractivity contribution is -0.387. The van der Waals surface area contributed by atoms with E-state index < -0.39 is 28.5 Å². The quantitative estimate of drug-likeness (QED) is 0.585. The summed E-state index contributed by atoms with van der Waals surface area (Å²) in [6.45, 7) is 0. The van der Waals surface area contributed by atoms with Crippen molar-refractivity contribution in [2.75, 3.05) is 0 Å². The van der Waals surface area contributed by atoms with Gasteiger partial charge in [0.25, 0.3) is 0 Å².